The molecule has 0 aliphatic carbocycles. The topological polar surface area (TPSA) is 43.1 Å². The molecule has 0 rings (SSSR count). The summed E-state index contributed by atoms with van der Waals surface area (Å²) in [6.45, 7) is 2.13. The molecule has 0 saturated heterocycles. The van der Waals surface area contributed by atoms with E-state index < -0.39 is 0 Å². The summed E-state index contributed by atoms with van der Waals surface area (Å²) in [5, 5.41) is 0. The van der Waals surface area contributed by atoms with Crippen molar-refractivity contribution in [2.45, 2.75) is 32.6 Å². The summed E-state index contributed by atoms with van der Waals surface area (Å²) in [7, 11) is 0. The van der Waals surface area contributed by atoms with Crippen molar-refractivity contribution < 1.29 is 4.79 Å². The highest BCUT2D eigenvalue weighted by molar-refractivity contribution is 5.72. The van der Waals surface area contributed by atoms with Gasteiger partial charge in [-0.1, -0.05) is 19.8 Å². The number of unbranched alkanes of at least 4 members (excludes halogenated alkanes) is 2. The number of hydrogen-bond donors (Lipinski definition) is 1. The zero-order valence-corrected chi connectivity index (χ0v) is 6.47. The van der Waals surface area contributed by atoms with Crippen LogP contribution in [0.25, 0.3) is 0 Å². The second-order valence-electron chi connectivity index (χ2n) is 2.32. The molecular weight excluding hydrogens is 126 g/mol. The largest absolute Gasteiger partial charge is 0.404 e. The first-order chi connectivity index (χ1) is 4.85. The monoisotopic (exact) mass is 141 g/mol. The molecular formula is C8H15NO. The SMILES string of the molecule is CCCCC/C(C=O)=C/N. The maximum atomic E-state index is 10.2. The van der Waals surface area contributed by atoms with E-state index in [1.807, 2.05) is 0 Å². The number of rotatable bonds is 5. The van der Waals surface area contributed by atoms with Crippen LogP contribution in [-0.4, -0.2) is 6.29 Å². The molecule has 0 aromatic rings. The highest BCUT2D eigenvalue weighted by Crippen LogP contribution is 2.04. The fourth-order valence-electron chi connectivity index (χ4n) is 0.761. The maximum Gasteiger partial charge on any atom is 0.147 e. The predicted molar refractivity (Wildman–Crippen MR) is 42.5 cm³/mol. The van der Waals surface area contributed by atoms with Crippen LogP contribution in [0.5, 0.6) is 0 Å². The van der Waals surface area contributed by atoms with E-state index in [2.05, 4.69) is 6.92 Å². The molecule has 0 heterocycles. The fraction of sp³-hybridized carbons (Fsp3) is 0.625. The molecule has 0 aliphatic heterocycles. The molecule has 0 radical (unpaired) electrons. The first kappa shape index (κ1) is 9.21. The summed E-state index contributed by atoms with van der Waals surface area (Å²) in [4.78, 5) is 10.2. The van der Waals surface area contributed by atoms with Crippen LogP contribution in [0.3, 0.4) is 0 Å². The molecule has 0 aromatic heterocycles. The summed E-state index contributed by atoms with van der Waals surface area (Å²) in [6, 6.07) is 0. The number of hydrogen-bond acceptors (Lipinski definition) is 2. The normalized spacial score (nSPS) is 11.5. The van der Waals surface area contributed by atoms with Crippen molar-refractivity contribution in [1.82, 2.24) is 0 Å². The van der Waals surface area contributed by atoms with Crippen molar-refractivity contribution in [2.75, 3.05) is 0 Å². The summed E-state index contributed by atoms with van der Waals surface area (Å²) >= 11 is 0. The smallest absolute Gasteiger partial charge is 0.147 e. The Kier molecular flexibility index (Phi) is 5.83. The molecule has 0 spiro atoms. The minimum atomic E-state index is 0.716. The average molecular weight is 141 g/mol. The maximum absolute atomic E-state index is 10.2. The third kappa shape index (κ3) is 4.13. The summed E-state index contributed by atoms with van der Waals surface area (Å²) in [6.07, 6.45) is 6.46. The number of aldehydes is 1. The molecule has 2 nitrogen and oxygen atoms in total. The van der Waals surface area contributed by atoms with E-state index in [1.165, 1.54) is 19.0 Å². The molecule has 0 bridgehead atoms. The number of allylic oxidation sites excluding steroid dienone is 1. The summed E-state index contributed by atoms with van der Waals surface area (Å²) in [5.41, 5.74) is 5.89. The number of nitrogens with two attached hydrogens (primary N) is 1. The first-order valence-corrected chi connectivity index (χ1v) is 3.71. The van der Waals surface area contributed by atoms with Gasteiger partial charge in [0.1, 0.15) is 6.29 Å². The molecule has 0 aromatic carbocycles. The Bertz CT molecular complexity index is 118. The Morgan fingerprint density at radius 1 is 1.50 bits per heavy atom. The molecule has 0 fully saturated rings. The Morgan fingerprint density at radius 3 is 2.60 bits per heavy atom. The van der Waals surface area contributed by atoms with Crippen LogP contribution in [0.15, 0.2) is 11.8 Å². The summed E-state index contributed by atoms with van der Waals surface area (Å²) in [5.74, 6) is 0. The molecule has 0 atom stereocenters. The highest BCUT2D eigenvalue weighted by atomic mass is 16.1. The van der Waals surface area contributed by atoms with E-state index in [4.69, 9.17) is 5.73 Å². The van der Waals surface area contributed by atoms with E-state index in [9.17, 15) is 4.79 Å². The second kappa shape index (κ2) is 6.33. The third-order valence-electron chi connectivity index (χ3n) is 1.43. The van der Waals surface area contributed by atoms with Gasteiger partial charge in [0, 0.05) is 11.8 Å². The van der Waals surface area contributed by atoms with Crippen molar-refractivity contribution >= 4 is 6.29 Å². The van der Waals surface area contributed by atoms with Crippen molar-refractivity contribution in [3.8, 4) is 0 Å². The van der Waals surface area contributed by atoms with Crippen LogP contribution in [0.1, 0.15) is 32.6 Å². The van der Waals surface area contributed by atoms with Gasteiger partial charge < -0.3 is 5.73 Å². The van der Waals surface area contributed by atoms with E-state index >= 15 is 0 Å². The standard InChI is InChI=1S/C8H15NO/c1-2-3-4-5-8(6-9)7-10/h6-7H,2-5,9H2,1H3/b8-6-. The van der Waals surface area contributed by atoms with Gasteiger partial charge >= 0.3 is 0 Å². The van der Waals surface area contributed by atoms with Crippen LogP contribution in [0, 0.1) is 0 Å². The van der Waals surface area contributed by atoms with Crippen molar-refractivity contribution in [3.63, 3.8) is 0 Å². The van der Waals surface area contributed by atoms with Gasteiger partial charge in [0.2, 0.25) is 0 Å². The van der Waals surface area contributed by atoms with E-state index in [1.54, 1.807) is 0 Å². The Hall–Kier alpha value is -0.790. The molecule has 2 heteroatoms. The Balaban J connectivity index is 3.36. The zero-order valence-electron chi connectivity index (χ0n) is 6.47. The van der Waals surface area contributed by atoms with Gasteiger partial charge in [-0.15, -0.1) is 0 Å². The van der Waals surface area contributed by atoms with E-state index in [0.29, 0.717) is 5.57 Å². The van der Waals surface area contributed by atoms with E-state index in [0.717, 1.165) is 19.1 Å². The molecule has 58 valence electrons. The zero-order chi connectivity index (χ0) is 7.82. The van der Waals surface area contributed by atoms with Gasteiger partial charge in [-0.05, 0) is 12.8 Å². The molecule has 0 unspecified atom stereocenters. The van der Waals surface area contributed by atoms with Crippen LogP contribution >= 0.6 is 0 Å². The average Bonchev–Trinajstić information content (AvgIpc) is 1.99. The third-order valence-corrected chi connectivity index (χ3v) is 1.43. The Morgan fingerprint density at radius 2 is 2.20 bits per heavy atom. The molecule has 10 heavy (non-hydrogen) atoms. The number of carbonyl (C=O) groups excluding carboxylic acids is 1. The fourth-order valence-corrected chi connectivity index (χ4v) is 0.761. The van der Waals surface area contributed by atoms with Gasteiger partial charge in [0.05, 0.1) is 0 Å². The van der Waals surface area contributed by atoms with Crippen molar-refractivity contribution in [2.24, 2.45) is 5.73 Å². The minimum Gasteiger partial charge on any atom is -0.404 e. The predicted octanol–water partition coefficient (Wildman–Crippen LogP) is 1.61. The highest BCUT2D eigenvalue weighted by Gasteiger charge is 1.92. The molecule has 2 N–H and O–H groups in total. The van der Waals surface area contributed by atoms with Gasteiger partial charge in [0.15, 0.2) is 0 Å². The Labute approximate surface area is 62.1 Å². The van der Waals surface area contributed by atoms with Crippen molar-refractivity contribution in [1.29, 1.82) is 0 Å². The molecule has 0 amide bonds. The lowest BCUT2D eigenvalue weighted by Gasteiger charge is -1.95. The molecule has 0 aliphatic rings. The molecule has 0 saturated carbocycles. The lowest BCUT2D eigenvalue weighted by Crippen LogP contribution is -1.90. The lowest BCUT2D eigenvalue weighted by atomic mass is 10.1. The number of carbonyl (C=O) groups is 1. The van der Waals surface area contributed by atoms with Crippen LogP contribution < -0.4 is 5.73 Å². The van der Waals surface area contributed by atoms with Gasteiger partial charge in [0.25, 0.3) is 0 Å². The van der Waals surface area contributed by atoms with Crippen LogP contribution in [-0.2, 0) is 4.79 Å². The van der Waals surface area contributed by atoms with Crippen LogP contribution in [0.2, 0.25) is 0 Å². The minimum absolute atomic E-state index is 0.716. The quantitative estimate of drug-likeness (QED) is 0.359. The van der Waals surface area contributed by atoms with E-state index in [-0.39, 0.29) is 0 Å². The van der Waals surface area contributed by atoms with Crippen molar-refractivity contribution in [3.05, 3.63) is 11.8 Å². The van der Waals surface area contributed by atoms with Gasteiger partial charge in [-0.3, -0.25) is 4.79 Å². The lowest BCUT2D eigenvalue weighted by molar-refractivity contribution is -0.105. The van der Waals surface area contributed by atoms with Crippen LogP contribution in [0.4, 0.5) is 0 Å². The second-order valence-corrected chi connectivity index (χ2v) is 2.32. The summed E-state index contributed by atoms with van der Waals surface area (Å²) < 4.78 is 0. The first-order valence-electron chi connectivity index (χ1n) is 3.71. The van der Waals surface area contributed by atoms with Gasteiger partial charge in [-0.25, -0.2) is 0 Å². The van der Waals surface area contributed by atoms with Gasteiger partial charge in [-0.2, -0.15) is 0 Å².